The van der Waals surface area contributed by atoms with Gasteiger partial charge in [-0.2, -0.15) is 0 Å². The lowest BCUT2D eigenvalue weighted by Crippen LogP contribution is -2.56. The molecule has 2 aromatic rings. The highest BCUT2D eigenvalue weighted by Crippen LogP contribution is 2.59. The number of aliphatic hydroxyl groups is 1. The average molecular weight is 688 g/mol. The van der Waals surface area contributed by atoms with Crippen molar-refractivity contribution >= 4 is 23.7 Å². The van der Waals surface area contributed by atoms with E-state index in [1.807, 2.05) is 60.7 Å². The Labute approximate surface area is 294 Å². The van der Waals surface area contributed by atoms with Gasteiger partial charge in [-0.05, 0) is 43.2 Å². The molecule has 3 fully saturated rings. The minimum absolute atomic E-state index is 0.0486. The number of fused-ring (bicyclic) bond motifs is 1. The fraction of sp³-hybridized carbons (Fsp3) is 0.487. The molecule has 0 radical (unpaired) electrons. The van der Waals surface area contributed by atoms with Crippen molar-refractivity contribution in [2.24, 2.45) is 11.8 Å². The molecule has 3 aliphatic rings. The first-order valence-electron chi connectivity index (χ1n) is 17.5. The summed E-state index contributed by atoms with van der Waals surface area (Å²) in [5.41, 5.74) is 0.369. The Balaban J connectivity index is 1.46. The van der Waals surface area contributed by atoms with Crippen molar-refractivity contribution in [2.45, 2.75) is 75.0 Å². The summed E-state index contributed by atoms with van der Waals surface area (Å²) in [6.07, 6.45) is 4.33. The maximum atomic E-state index is 14.6. The monoisotopic (exact) mass is 687 g/mol. The lowest BCUT2D eigenvalue weighted by molar-refractivity contribution is -0.163. The zero-order valence-corrected chi connectivity index (χ0v) is 28.8. The second-order valence-corrected chi connectivity index (χ2v) is 13.2. The van der Waals surface area contributed by atoms with E-state index >= 15 is 0 Å². The number of ether oxygens (including phenoxy) is 3. The third kappa shape index (κ3) is 7.70. The van der Waals surface area contributed by atoms with E-state index in [9.17, 15) is 24.3 Å². The first kappa shape index (κ1) is 36.9. The van der Waals surface area contributed by atoms with Crippen LogP contribution >= 0.6 is 0 Å². The minimum atomic E-state index is -1.22. The zero-order chi connectivity index (χ0) is 35.7. The maximum Gasteiger partial charge on any atom is 0.313 e. The quantitative estimate of drug-likeness (QED) is 0.130. The predicted octanol–water partition coefficient (Wildman–Crippen LogP) is 3.73. The largest absolute Gasteiger partial charge is 0.455 e. The lowest BCUT2D eigenvalue weighted by Gasteiger charge is -2.37. The molecule has 2 aromatic carbocycles. The Morgan fingerprint density at radius 2 is 1.82 bits per heavy atom. The normalized spacial score (nSPS) is 24.7. The van der Waals surface area contributed by atoms with Crippen LogP contribution in [0.5, 0.6) is 0 Å². The number of amides is 3. The summed E-state index contributed by atoms with van der Waals surface area (Å²) < 4.78 is 18.4. The maximum absolute atomic E-state index is 14.6. The number of allylic oxidation sites excluding steroid dienone is 1. The number of likely N-dealkylation sites (tertiary alicyclic amines) is 1. The number of esters is 1. The molecule has 0 unspecified atom stereocenters. The molecule has 50 heavy (non-hydrogen) atoms. The van der Waals surface area contributed by atoms with Gasteiger partial charge in [0.1, 0.15) is 17.7 Å². The van der Waals surface area contributed by atoms with Gasteiger partial charge in [-0.3, -0.25) is 19.2 Å². The molecule has 11 nitrogen and oxygen atoms in total. The number of methoxy groups -OCH3 is 1. The highest BCUT2D eigenvalue weighted by atomic mass is 16.6. The summed E-state index contributed by atoms with van der Waals surface area (Å²) in [7, 11) is 1.51. The number of carbonyl (C=O) groups is 4. The van der Waals surface area contributed by atoms with Crippen LogP contribution < -0.4 is 5.32 Å². The standard InChI is InChI=1S/C39H49N3O8/c1-4-6-19-31(44)40-29(26-48-3)34(28-17-11-8-12-18-28)49-38(47)32-30-20-21-39(50-30)33(32)36(45)42(23-13-14-24-43)35(39)37(46)41(22-5-2)25-27-15-9-7-10-16-27/h4-5,7-12,15-18,29-30,32-35,43H,1-2,6,13-14,19-26H2,3H3,(H,40,44)/t29-,30+,32-,33-,34-,35+,39-/m0/s1. The van der Waals surface area contributed by atoms with Gasteiger partial charge in [0.05, 0.1) is 30.6 Å². The summed E-state index contributed by atoms with van der Waals surface area (Å²) in [6.45, 7) is 8.39. The van der Waals surface area contributed by atoms with Crippen LogP contribution in [-0.4, -0.2) is 95.8 Å². The van der Waals surface area contributed by atoms with E-state index < -0.39 is 47.7 Å². The smallest absolute Gasteiger partial charge is 0.313 e. The van der Waals surface area contributed by atoms with Gasteiger partial charge in [0.15, 0.2) is 0 Å². The Morgan fingerprint density at radius 3 is 2.48 bits per heavy atom. The number of hydrogen-bond acceptors (Lipinski definition) is 8. The summed E-state index contributed by atoms with van der Waals surface area (Å²) in [4.78, 5) is 59.6. The molecule has 0 aromatic heterocycles. The van der Waals surface area contributed by atoms with Crippen LogP contribution in [0.1, 0.15) is 55.8 Å². The SMILES string of the molecule is C=CCCC(=O)N[C@@H](COC)[C@@H](OC(=O)[C@@H]1[C@H]2C(=O)N(CCCCO)[C@H](C(=O)N(CC=C)Cc3ccccc3)[C@]23CC[C@H]1O3)c1ccccc1. The Bertz CT molecular complexity index is 1500. The third-order valence-corrected chi connectivity index (χ3v) is 10.00. The van der Waals surface area contributed by atoms with Gasteiger partial charge in [0, 0.05) is 39.8 Å². The lowest BCUT2D eigenvalue weighted by atomic mass is 9.70. The van der Waals surface area contributed by atoms with E-state index in [2.05, 4.69) is 18.5 Å². The molecule has 3 heterocycles. The molecule has 11 heteroatoms. The van der Waals surface area contributed by atoms with E-state index in [4.69, 9.17) is 14.2 Å². The highest BCUT2D eigenvalue weighted by Gasteiger charge is 2.75. The van der Waals surface area contributed by atoms with Crippen LogP contribution in [0.2, 0.25) is 0 Å². The van der Waals surface area contributed by atoms with E-state index in [0.29, 0.717) is 44.2 Å². The van der Waals surface area contributed by atoms with Gasteiger partial charge in [0.25, 0.3) is 0 Å². The zero-order valence-electron chi connectivity index (χ0n) is 28.8. The summed E-state index contributed by atoms with van der Waals surface area (Å²) >= 11 is 0. The van der Waals surface area contributed by atoms with Crippen LogP contribution in [0.25, 0.3) is 0 Å². The first-order chi connectivity index (χ1) is 24.3. The molecule has 0 aliphatic carbocycles. The number of nitrogens with one attached hydrogen (secondary N) is 1. The van der Waals surface area contributed by atoms with E-state index in [1.54, 1.807) is 22.0 Å². The third-order valence-electron chi connectivity index (χ3n) is 10.00. The van der Waals surface area contributed by atoms with Gasteiger partial charge in [0.2, 0.25) is 17.7 Å². The van der Waals surface area contributed by atoms with E-state index in [0.717, 1.165) is 5.56 Å². The summed E-state index contributed by atoms with van der Waals surface area (Å²) in [6, 6.07) is 17.0. The number of nitrogens with zero attached hydrogens (tertiary/aromatic N) is 2. The van der Waals surface area contributed by atoms with Crippen molar-refractivity contribution in [3.63, 3.8) is 0 Å². The van der Waals surface area contributed by atoms with Crippen molar-refractivity contribution in [1.29, 1.82) is 0 Å². The molecule has 3 saturated heterocycles. The Kier molecular flexibility index (Phi) is 12.6. The average Bonchev–Trinajstić information content (AvgIpc) is 3.77. The number of rotatable bonds is 19. The van der Waals surface area contributed by atoms with Crippen molar-refractivity contribution in [3.8, 4) is 0 Å². The van der Waals surface area contributed by atoms with Gasteiger partial charge < -0.3 is 34.4 Å². The molecule has 5 rings (SSSR count). The number of unbranched alkanes of at least 4 members (excludes halogenated alkanes) is 1. The predicted molar refractivity (Wildman–Crippen MR) is 186 cm³/mol. The van der Waals surface area contributed by atoms with Crippen LogP contribution in [0.15, 0.2) is 86.0 Å². The molecule has 2 bridgehead atoms. The molecule has 2 N–H and O–H groups in total. The van der Waals surface area contributed by atoms with E-state index in [1.165, 1.54) is 7.11 Å². The summed E-state index contributed by atoms with van der Waals surface area (Å²) in [5, 5.41) is 12.5. The number of aliphatic hydroxyl groups excluding tert-OH is 1. The molecule has 0 saturated carbocycles. The van der Waals surface area contributed by atoms with E-state index in [-0.39, 0.29) is 50.4 Å². The number of hydrogen-bond donors (Lipinski definition) is 2. The van der Waals surface area contributed by atoms with Crippen molar-refractivity contribution < 1.29 is 38.5 Å². The second kappa shape index (κ2) is 17.1. The molecular formula is C39H49N3O8. The Morgan fingerprint density at radius 1 is 1.10 bits per heavy atom. The number of benzene rings is 2. The molecule has 7 atom stereocenters. The second-order valence-electron chi connectivity index (χ2n) is 13.2. The van der Waals surface area contributed by atoms with Crippen molar-refractivity contribution in [2.75, 3.05) is 33.4 Å². The van der Waals surface area contributed by atoms with Crippen LogP contribution in [-0.2, 0) is 39.9 Å². The molecular weight excluding hydrogens is 638 g/mol. The van der Waals surface area contributed by atoms with Crippen LogP contribution in [0.4, 0.5) is 0 Å². The number of carbonyl (C=O) groups excluding carboxylic acids is 4. The fourth-order valence-corrected chi connectivity index (χ4v) is 7.83. The van der Waals surface area contributed by atoms with Gasteiger partial charge in [-0.25, -0.2) is 0 Å². The summed E-state index contributed by atoms with van der Waals surface area (Å²) in [5.74, 6) is -3.35. The molecule has 268 valence electrons. The molecule has 1 spiro atoms. The highest BCUT2D eigenvalue weighted by molar-refractivity contribution is 5.98. The van der Waals surface area contributed by atoms with Gasteiger partial charge in [-0.15, -0.1) is 13.2 Å². The molecule has 3 aliphatic heterocycles. The first-order valence-corrected chi connectivity index (χ1v) is 17.5. The van der Waals surface area contributed by atoms with Gasteiger partial charge >= 0.3 is 5.97 Å². The van der Waals surface area contributed by atoms with Gasteiger partial charge in [-0.1, -0.05) is 72.8 Å². The van der Waals surface area contributed by atoms with Crippen LogP contribution in [0, 0.1) is 11.8 Å². The van der Waals surface area contributed by atoms with Crippen molar-refractivity contribution in [1.82, 2.24) is 15.1 Å². The fourth-order valence-electron chi connectivity index (χ4n) is 7.83. The van der Waals surface area contributed by atoms with Crippen molar-refractivity contribution in [3.05, 3.63) is 97.1 Å². The topological polar surface area (TPSA) is 135 Å². The minimum Gasteiger partial charge on any atom is -0.455 e. The van der Waals surface area contributed by atoms with Crippen LogP contribution in [0.3, 0.4) is 0 Å². The Hall–Kier alpha value is -4.32. The molecule has 3 amide bonds.